The van der Waals surface area contributed by atoms with Crippen LogP contribution in [0.2, 0.25) is 0 Å². The zero-order chi connectivity index (χ0) is 7.41. The summed E-state index contributed by atoms with van der Waals surface area (Å²) in [4.78, 5) is 0. The van der Waals surface area contributed by atoms with Gasteiger partial charge in [0.25, 0.3) is 0 Å². The van der Waals surface area contributed by atoms with Gasteiger partial charge in [0, 0.05) is 0 Å². The van der Waals surface area contributed by atoms with Crippen molar-refractivity contribution in [3.63, 3.8) is 0 Å². The Balaban J connectivity index is -0.0000000202. The SMILES string of the molecule is C[CH-]C.C[CH-]C.[Au+3].[C-]#N. The van der Waals surface area contributed by atoms with Crippen LogP contribution in [0.25, 0.3) is 0 Å². The molecule has 58 valence electrons. The van der Waals surface area contributed by atoms with Crippen LogP contribution in [-0.4, -0.2) is 0 Å². The van der Waals surface area contributed by atoms with Crippen molar-refractivity contribution in [1.82, 2.24) is 0 Å². The summed E-state index contributed by atoms with van der Waals surface area (Å²) in [5, 5.41) is 6.25. The molecule has 0 aromatic rings. The first-order chi connectivity index (χ1) is 3.83. The first-order valence-corrected chi connectivity index (χ1v) is 2.53. The van der Waals surface area contributed by atoms with Crippen molar-refractivity contribution >= 4 is 0 Å². The van der Waals surface area contributed by atoms with Gasteiger partial charge < -0.3 is 24.7 Å². The molecule has 0 heterocycles. The zero-order valence-corrected chi connectivity index (χ0v) is 8.57. The molecule has 0 atom stereocenters. The van der Waals surface area contributed by atoms with Crippen molar-refractivity contribution in [3.8, 4) is 0 Å². The molecule has 0 radical (unpaired) electrons. The summed E-state index contributed by atoms with van der Waals surface area (Å²) in [6, 6.07) is 0. The van der Waals surface area contributed by atoms with Crippen molar-refractivity contribution in [2.24, 2.45) is 0 Å². The molecule has 0 spiro atoms. The van der Waals surface area contributed by atoms with Crippen LogP contribution in [0.3, 0.4) is 0 Å². The Morgan fingerprint density at radius 1 is 0.889 bits per heavy atom. The first-order valence-electron chi connectivity index (χ1n) is 2.53. The van der Waals surface area contributed by atoms with Gasteiger partial charge in [-0.15, -0.1) is 0 Å². The molecule has 1 nitrogen and oxygen atoms in total. The molecule has 0 fully saturated rings. The average molecular weight is 309 g/mol. The molecule has 0 N–H and O–H groups in total. The number of hydrogen-bond acceptors (Lipinski definition) is 1. The van der Waals surface area contributed by atoms with Gasteiger partial charge in [-0.1, -0.05) is 0 Å². The molecule has 0 aliphatic rings. The van der Waals surface area contributed by atoms with E-state index in [-0.39, 0.29) is 22.4 Å². The molecule has 0 amide bonds. The Kier molecular flexibility index (Phi) is 220. The summed E-state index contributed by atoms with van der Waals surface area (Å²) in [5.41, 5.74) is 0. The second-order valence-electron chi connectivity index (χ2n) is 1.15. The molecule has 0 saturated carbocycles. The summed E-state index contributed by atoms with van der Waals surface area (Å²) < 4.78 is 0. The number of rotatable bonds is 0. The van der Waals surface area contributed by atoms with Gasteiger partial charge in [0.05, 0.1) is 0 Å². The minimum absolute atomic E-state index is 0. The Morgan fingerprint density at radius 2 is 0.889 bits per heavy atom. The maximum atomic E-state index is 6.25. The van der Waals surface area contributed by atoms with Gasteiger partial charge in [-0.3, -0.25) is 0 Å². The van der Waals surface area contributed by atoms with Gasteiger partial charge in [-0.05, 0) is 0 Å². The van der Waals surface area contributed by atoms with E-state index in [1.165, 1.54) is 0 Å². The maximum Gasteiger partial charge on any atom is 3.00 e. The van der Waals surface area contributed by atoms with Gasteiger partial charge >= 0.3 is 22.4 Å². The smallest absolute Gasteiger partial charge is 0.512 e. The molecule has 0 aliphatic heterocycles. The molecular weight excluding hydrogens is 295 g/mol. The Hall–Kier alpha value is 0.230. The standard InChI is InChI=1S/2C3H7.CN.Au/c2*1-3-2;1-2;/h2*3H,1-2H3;;/q3*-1;+3. The minimum atomic E-state index is 0. The van der Waals surface area contributed by atoms with Crippen molar-refractivity contribution in [3.05, 3.63) is 19.4 Å². The van der Waals surface area contributed by atoms with E-state index in [4.69, 9.17) is 11.8 Å². The van der Waals surface area contributed by atoms with Crippen LogP contribution in [0.15, 0.2) is 0 Å². The fourth-order valence-corrected chi connectivity index (χ4v) is 0. The van der Waals surface area contributed by atoms with Crippen molar-refractivity contribution in [2.45, 2.75) is 27.7 Å². The van der Waals surface area contributed by atoms with Gasteiger partial charge in [0.15, 0.2) is 0 Å². The third-order valence-corrected chi connectivity index (χ3v) is 0. The van der Waals surface area contributed by atoms with E-state index in [1.54, 1.807) is 0 Å². The van der Waals surface area contributed by atoms with Gasteiger partial charge in [0.2, 0.25) is 0 Å². The van der Waals surface area contributed by atoms with Gasteiger partial charge in [-0.25, -0.2) is 0 Å². The van der Waals surface area contributed by atoms with Crippen LogP contribution >= 0.6 is 0 Å². The summed E-state index contributed by atoms with van der Waals surface area (Å²) >= 11 is 0. The van der Waals surface area contributed by atoms with E-state index in [1.807, 2.05) is 40.5 Å². The molecule has 0 bridgehead atoms. The molecule has 0 rings (SSSR count). The third-order valence-electron chi connectivity index (χ3n) is 0. The normalized spacial score (nSPS) is 4.22. The number of nitrogens with zero attached hydrogens (tertiary/aromatic N) is 1. The molecular formula is C7H14AuN. The van der Waals surface area contributed by atoms with Gasteiger partial charge in [-0.2, -0.15) is 27.7 Å². The predicted octanol–water partition coefficient (Wildman–Crippen LogP) is 2.55. The molecule has 0 unspecified atom stereocenters. The van der Waals surface area contributed by atoms with E-state index in [2.05, 4.69) is 0 Å². The Morgan fingerprint density at radius 3 is 0.889 bits per heavy atom. The van der Waals surface area contributed by atoms with Crippen molar-refractivity contribution in [2.75, 3.05) is 0 Å². The second-order valence-corrected chi connectivity index (χ2v) is 1.15. The maximum absolute atomic E-state index is 6.25. The van der Waals surface area contributed by atoms with E-state index in [0.717, 1.165) is 0 Å². The summed E-state index contributed by atoms with van der Waals surface area (Å²) in [5.74, 6) is 0. The second kappa shape index (κ2) is 86.5. The third kappa shape index (κ3) is 6030. The minimum Gasteiger partial charge on any atom is -0.512 e. The molecule has 0 aliphatic carbocycles. The van der Waals surface area contributed by atoms with Gasteiger partial charge in [0.1, 0.15) is 0 Å². The topological polar surface area (TPSA) is 23.8 Å². The van der Waals surface area contributed by atoms with E-state index in [0.29, 0.717) is 0 Å². The summed E-state index contributed by atoms with van der Waals surface area (Å²) in [6.45, 7) is 12.8. The first kappa shape index (κ1) is 22.9. The molecule has 0 aromatic heterocycles. The predicted molar refractivity (Wildman–Crippen MR) is 36.3 cm³/mol. The van der Waals surface area contributed by atoms with Crippen LogP contribution in [0.4, 0.5) is 0 Å². The summed E-state index contributed by atoms with van der Waals surface area (Å²) in [6.07, 6.45) is 4.00. The fourth-order valence-electron chi connectivity index (χ4n) is 0. The van der Waals surface area contributed by atoms with Crippen molar-refractivity contribution in [1.29, 1.82) is 5.26 Å². The molecule has 0 aromatic carbocycles. The monoisotopic (exact) mass is 309 g/mol. The van der Waals surface area contributed by atoms with E-state index >= 15 is 0 Å². The van der Waals surface area contributed by atoms with Crippen LogP contribution in [-0.2, 0) is 22.4 Å². The summed E-state index contributed by atoms with van der Waals surface area (Å²) in [7, 11) is 0. The largest absolute Gasteiger partial charge is 3.00 e. The van der Waals surface area contributed by atoms with Crippen LogP contribution < -0.4 is 0 Å². The quantitative estimate of drug-likeness (QED) is 0.498. The molecule has 0 saturated heterocycles. The molecule has 2 heteroatoms. The average Bonchev–Trinajstić information content (AvgIpc) is 1.75. The molecule has 9 heavy (non-hydrogen) atoms. The Labute approximate surface area is 75.0 Å². The van der Waals surface area contributed by atoms with Crippen LogP contribution in [0.5, 0.6) is 0 Å². The zero-order valence-electron chi connectivity index (χ0n) is 6.40. The van der Waals surface area contributed by atoms with Crippen LogP contribution in [0, 0.1) is 24.7 Å². The van der Waals surface area contributed by atoms with E-state index in [9.17, 15) is 0 Å². The van der Waals surface area contributed by atoms with E-state index < -0.39 is 0 Å². The van der Waals surface area contributed by atoms with Crippen LogP contribution in [0.1, 0.15) is 27.7 Å². The fraction of sp³-hybridized carbons (Fsp3) is 0.571. The number of hydrogen-bond donors (Lipinski definition) is 0. The Bertz CT molecular complexity index is 25.3. The van der Waals surface area contributed by atoms with Crippen molar-refractivity contribution < 1.29 is 22.4 Å².